The van der Waals surface area contributed by atoms with E-state index in [1.165, 1.54) is 25.7 Å². The van der Waals surface area contributed by atoms with E-state index in [1.54, 1.807) is 0 Å². The van der Waals surface area contributed by atoms with Crippen molar-refractivity contribution in [2.75, 3.05) is 0 Å². The van der Waals surface area contributed by atoms with Gasteiger partial charge in [0.25, 0.3) is 0 Å². The number of hydrogen-bond acceptors (Lipinski definition) is 2. The maximum absolute atomic E-state index is 4.64. The fraction of sp³-hybridized carbons (Fsp3) is 0.867. The average Bonchev–Trinajstić information content (AvgIpc) is 2.77. The molecule has 1 aliphatic rings. The second-order valence-corrected chi connectivity index (χ2v) is 6.80. The number of H-pyrrole nitrogens is 1. The summed E-state index contributed by atoms with van der Waals surface area (Å²) < 4.78 is 0. The van der Waals surface area contributed by atoms with Crippen LogP contribution < -0.4 is 0 Å². The normalized spacial score (nSPS) is 25.3. The largest absolute Gasteiger partial charge is 0.263 e. The van der Waals surface area contributed by atoms with Gasteiger partial charge in [0.15, 0.2) is 5.82 Å². The monoisotopic (exact) mass is 249 g/mol. The number of rotatable bonds is 3. The zero-order valence-electron chi connectivity index (χ0n) is 12.3. The molecular formula is C15H27N3. The number of nitrogens with one attached hydrogen (secondary N) is 1. The highest BCUT2D eigenvalue weighted by atomic mass is 15.2. The Morgan fingerprint density at radius 3 is 2.39 bits per heavy atom. The van der Waals surface area contributed by atoms with Crippen molar-refractivity contribution in [3.8, 4) is 0 Å². The lowest BCUT2D eigenvalue weighted by Gasteiger charge is -2.36. The highest BCUT2D eigenvalue weighted by Gasteiger charge is 2.31. The van der Waals surface area contributed by atoms with Crippen LogP contribution in [0.4, 0.5) is 0 Å². The van der Waals surface area contributed by atoms with Gasteiger partial charge in [-0.05, 0) is 43.4 Å². The van der Waals surface area contributed by atoms with Crippen LogP contribution in [0, 0.1) is 11.3 Å². The SMILES string of the molecule is CCCc1nc(C2CCC(C(C)(C)C)CC2)n[nH]1. The van der Waals surface area contributed by atoms with Crippen molar-refractivity contribution in [3.63, 3.8) is 0 Å². The Balaban J connectivity index is 1.92. The van der Waals surface area contributed by atoms with Crippen molar-refractivity contribution in [1.29, 1.82) is 0 Å². The first-order chi connectivity index (χ1) is 8.50. The molecule has 0 aromatic carbocycles. The predicted molar refractivity (Wildman–Crippen MR) is 74.5 cm³/mol. The lowest BCUT2D eigenvalue weighted by Crippen LogP contribution is -2.25. The molecule has 0 aliphatic heterocycles. The van der Waals surface area contributed by atoms with Gasteiger partial charge in [0.05, 0.1) is 0 Å². The van der Waals surface area contributed by atoms with Gasteiger partial charge in [0, 0.05) is 12.3 Å². The van der Waals surface area contributed by atoms with E-state index in [-0.39, 0.29) is 0 Å². The highest BCUT2D eigenvalue weighted by molar-refractivity contribution is 5.00. The summed E-state index contributed by atoms with van der Waals surface area (Å²) in [6.07, 6.45) is 7.31. The Kier molecular flexibility index (Phi) is 4.08. The molecule has 1 fully saturated rings. The van der Waals surface area contributed by atoms with Crippen molar-refractivity contribution < 1.29 is 0 Å². The number of aryl methyl sites for hydroxylation is 1. The van der Waals surface area contributed by atoms with E-state index in [4.69, 9.17) is 0 Å². The maximum Gasteiger partial charge on any atom is 0.153 e. The number of hydrogen-bond donors (Lipinski definition) is 1. The number of aromatic nitrogens is 3. The van der Waals surface area contributed by atoms with Crippen molar-refractivity contribution in [2.24, 2.45) is 11.3 Å². The lowest BCUT2D eigenvalue weighted by atomic mass is 9.70. The van der Waals surface area contributed by atoms with E-state index in [0.29, 0.717) is 11.3 Å². The van der Waals surface area contributed by atoms with E-state index in [0.717, 1.165) is 30.4 Å². The smallest absolute Gasteiger partial charge is 0.153 e. The molecule has 0 saturated heterocycles. The summed E-state index contributed by atoms with van der Waals surface area (Å²) in [5.41, 5.74) is 0.456. The maximum atomic E-state index is 4.64. The molecule has 102 valence electrons. The third-order valence-corrected chi connectivity index (χ3v) is 4.35. The molecule has 0 bridgehead atoms. The van der Waals surface area contributed by atoms with Crippen LogP contribution in [0.3, 0.4) is 0 Å². The molecule has 18 heavy (non-hydrogen) atoms. The first kappa shape index (κ1) is 13.6. The molecule has 0 unspecified atom stereocenters. The molecule has 1 saturated carbocycles. The van der Waals surface area contributed by atoms with Gasteiger partial charge in [-0.2, -0.15) is 5.10 Å². The second-order valence-electron chi connectivity index (χ2n) is 6.80. The Labute approximate surface area is 111 Å². The van der Waals surface area contributed by atoms with Crippen molar-refractivity contribution in [3.05, 3.63) is 11.6 Å². The van der Waals surface area contributed by atoms with Gasteiger partial charge in [0.1, 0.15) is 5.82 Å². The predicted octanol–water partition coefficient (Wildman–Crippen LogP) is 4.08. The van der Waals surface area contributed by atoms with Gasteiger partial charge in [-0.3, -0.25) is 5.10 Å². The van der Waals surface area contributed by atoms with Crippen LogP contribution in [0.5, 0.6) is 0 Å². The minimum atomic E-state index is 0.456. The Hall–Kier alpha value is -0.860. The van der Waals surface area contributed by atoms with Crippen LogP contribution in [0.1, 0.15) is 77.4 Å². The van der Waals surface area contributed by atoms with Gasteiger partial charge in [0.2, 0.25) is 0 Å². The standard InChI is InChI=1S/C15H27N3/c1-5-6-13-16-14(18-17-13)11-7-9-12(10-8-11)15(2,3)4/h11-12H,5-10H2,1-4H3,(H,16,17,18). The highest BCUT2D eigenvalue weighted by Crippen LogP contribution is 2.42. The van der Waals surface area contributed by atoms with Gasteiger partial charge < -0.3 is 0 Å². The molecule has 1 N–H and O–H groups in total. The second kappa shape index (κ2) is 5.41. The molecular weight excluding hydrogens is 222 g/mol. The first-order valence-corrected chi connectivity index (χ1v) is 7.42. The van der Waals surface area contributed by atoms with Gasteiger partial charge in [-0.15, -0.1) is 0 Å². The molecule has 3 nitrogen and oxygen atoms in total. The third kappa shape index (κ3) is 3.12. The zero-order valence-corrected chi connectivity index (χ0v) is 12.3. The van der Waals surface area contributed by atoms with Crippen molar-refractivity contribution in [2.45, 2.75) is 72.1 Å². The topological polar surface area (TPSA) is 41.6 Å². The molecule has 1 aliphatic carbocycles. The molecule has 0 radical (unpaired) electrons. The number of nitrogens with zero attached hydrogens (tertiary/aromatic N) is 2. The van der Waals surface area contributed by atoms with Gasteiger partial charge in [-0.1, -0.05) is 27.7 Å². The first-order valence-electron chi connectivity index (χ1n) is 7.42. The summed E-state index contributed by atoms with van der Waals surface area (Å²) in [6, 6.07) is 0. The lowest BCUT2D eigenvalue weighted by molar-refractivity contribution is 0.167. The molecule has 1 heterocycles. The van der Waals surface area contributed by atoms with Crippen LogP contribution in [0.15, 0.2) is 0 Å². The molecule has 1 aromatic heterocycles. The summed E-state index contributed by atoms with van der Waals surface area (Å²) >= 11 is 0. The molecule has 0 atom stereocenters. The average molecular weight is 249 g/mol. The minimum absolute atomic E-state index is 0.456. The fourth-order valence-corrected chi connectivity index (χ4v) is 3.06. The molecule has 3 heteroatoms. The number of aromatic amines is 1. The van der Waals surface area contributed by atoms with E-state index in [2.05, 4.69) is 42.9 Å². The summed E-state index contributed by atoms with van der Waals surface area (Å²) in [5.74, 6) is 3.57. The van der Waals surface area contributed by atoms with Gasteiger partial charge in [-0.25, -0.2) is 4.98 Å². The van der Waals surface area contributed by atoms with Crippen LogP contribution in [-0.2, 0) is 6.42 Å². The van der Waals surface area contributed by atoms with E-state index < -0.39 is 0 Å². The van der Waals surface area contributed by atoms with E-state index in [9.17, 15) is 0 Å². The van der Waals surface area contributed by atoms with Crippen molar-refractivity contribution in [1.82, 2.24) is 15.2 Å². The van der Waals surface area contributed by atoms with Crippen LogP contribution in [0.25, 0.3) is 0 Å². The van der Waals surface area contributed by atoms with E-state index >= 15 is 0 Å². The minimum Gasteiger partial charge on any atom is -0.263 e. The Morgan fingerprint density at radius 1 is 1.17 bits per heavy atom. The van der Waals surface area contributed by atoms with E-state index in [1.807, 2.05) is 0 Å². The van der Waals surface area contributed by atoms with Crippen molar-refractivity contribution >= 4 is 0 Å². The Morgan fingerprint density at radius 2 is 1.83 bits per heavy atom. The molecule has 0 spiro atoms. The summed E-state index contributed by atoms with van der Waals surface area (Å²) in [5, 5.41) is 7.49. The van der Waals surface area contributed by atoms with Gasteiger partial charge >= 0.3 is 0 Å². The summed E-state index contributed by atoms with van der Waals surface area (Å²) in [4.78, 5) is 4.64. The Bertz CT molecular complexity index is 367. The van der Waals surface area contributed by atoms with Crippen LogP contribution >= 0.6 is 0 Å². The van der Waals surface area contributed by atoms with Crippen LogP contribution in [-0.4, -0.2) is 15.2 Å². The summed E-state index contributed by atoms with van der Waals surface area (Å²) in [6.45, 7) is 9.27. The third-order valence-electron chi connectivity index (χ3n) is 4.35. The van der Waals surface area contributed by atoms with Crippen LogP contribution in [0.2, 0.25) is 0 Å². The molecule has 2 rings (SSSR count). The summed E-state index contributed by atoms with van der Waals surface area (Å²) in [7, 11) is 0. The quantitative estimate of drug-likeness (QED) is 0.877. The zero-order chi connectivity index (χ0) is 13.2. The fourth-order valence-electron chi connectivity index (χ4n) is 3.06. The molecule has 0 amide bonds. The molecule has 1 aromatic rings.